The van der Waals surface area contributed by atoms with E-state index in [2.05, 4.69) is 25.2 Å². The SMILES string of the molecule is O=C(CN1CCCC(c2cncc(-c3cccc(C(F)(F)F)c3)n2)C1)Nc1nccs1. The van der Waals surface area contributed by atoms with E-state index in [0.29, 0.717) is 22.9 Å². The van der Waals surface area contributed by atoms with Crippen molar-refractivity contribution in [2.45, 2.75) is 24.9 Å². The Morgan fingerprint density at radius 1 is 1.29 bits per heavy atom. The van der Waals surface area contributed by atoms with E-state index in [0.717, 1.165) is 37.2 Å². The number of hydrogen-bond donors (Lipinski definition) is 1. The maximum Gasteiger partial charge on any atom is 0.416 e. The number of nitrogens with one attached hydrogen (secondary N) is 1. The Bertz CT molecular complexity index is 1040. The van der Waals surface area contributed by atoms with E-state index in [1.807, 2.05) is 0 Å². The van der Waals surface area contributed by atoms with E-state index in [4.69, 9.17) is 0 Å². The Labute approximate surface area is 181 Å². The van der Waals surface area contributed by atoms with E-state index >= 15 is 0 Å². The molecule has 4 rings (SSSR count). The zero-order valence-corrected chi connectivity index (χ0v) is 17.3. The van der Waals surface area contributed by atoms with Gasteiger partial charge in [-0.1, -0.05) is 12.1 Å². The summed E-state index contributed by atoms with van der Waals surface area (Å²) < 4.78 is 39.1. The van der Waals surface area contributed by atoms with Gasteiger partial charge in [-0.15, -0.1) is 11.3 Å². The Kier molecular flexibility index (Phi) is 6.28. The molecule has 1 N–H and O–H groups in total. The molecular weight excluding hydrogens is 427 g/mol. The van der Waals surface area contributed by atoms with Gasteiger partial charge in [-0.25, -0.2) is 9.97 Å². The molecule has 3 heterocycles. The van der Waals surface area contributed by atoms with Crippen LogP contribution in [0.2, 0.25) is 0 Å². The normalized spacial score (nSPS) is 17.5. The van der Waals surface area contributed by atoms with Crippen LogP contribution in [0.25, 0.3) is 11.3 Å². The number of likely N-dealkylation sites (tertiary alicyclic amines) is 1. The molecule has 1 saturated heterocycles. The van der Waals surface area contributed by atoms with Crippen molar-refractivity contribution in [3.8, 4) is 11.3 Å². The molecule has 0 bridgehead atoms. The van der Waals surface area contributed by atoms with E-state index < -0.39 is 11.7 Å². The third kappa shape index (κ3) is 5.45. The van der Waals surface area contributed by atoms with Gasteiger partial charge in [-0.2, -0.15) is 13.2 Å². The largest absolute Gasteiger partial charge is 0.416 e. The predicted molar refractivity (Wildman–Crippen MR) is 112 cm³/mol. The number of carbonyl (C=O) groups is 1. The summed E-state index contributed by atoms with van der Waals surface area (Å²) in [7, 11) is 0. The number of piperidine rings is 1. The first-order valence-electron chi connectivity index (χ1n) is 9.80. The summed E-state index contributed by atoms with van der Waals surface area (Å²) in [6.07, 6.45) is 2.12. The first-order valence-corrected chi connectivity index (χ1v) is 10.7. The molecule has 10 heteroatoms. The topological polar surface area (TPSA) is 71.0 Å². The molecule has 162 valence electrons. The molecule has 1 aromatic carbocycles. The molecule has 3 aromatic rings. The maximum absolute atomic E-state index is 13.0. The fraction of sp³-hybridized carbons (Fsp3) is 0.333. The van der Waals surface area contributed by atoms with Crippen LogP contribution >= 0.6 is 11.3 Å². The molecule has 1 atom stereocenters. The lowest BCUT2D eigenvalue weighted by molar-refractivity contribution is -0.137. The molecule has 0 spiro atoms. The van der Waals surface area contributed by atoms with Crippen LogP contribution in [-0.4, -0.2) is 45.4 Å². The molecule has 0 radical (unpaired) electrons. The molecule has 0 saturated carbocycles. The van der Waals surface area contributed by atoms with Gasteiger partial charge >= 0.3 is 6.18 Å². The van der Waals surface area contributed by atoms with Crippen LogP contribution in [0.3, 0.4) is 0 Å². The third-order valence-electron chi connectivity index (χ3n) is 5.11. The van der Waals surface area contributed by atoms with Gasteiger partial charge in [0, 0.05) is 35.8 Å². The average molecular weight is 447 g/mol. The summed E-state index contributed by atoms with van der Waals surface area (Å²) >= 11 is 1.36. The minimum atomic E-state index is -4.41. The molecule has 1 aliphatic heterocycles. The standard InChI is InChI=1S/C21H20F3N5OS/c22-21(23,24)16-5-1-3-14(9-16)17-10-25-11-18(27-17)15-4-2-7-29(12-15)13-19(30)28-20-26-6-8-31-20/h1,3,5-6,8-11,15H,2,4,7,12-13H2,(H,26,28,30). The predicted octanol–water partition coefficient (Wildman–Crippen LogP) is 4.44. The van der Waals surface area contributed by atoms with Crippen LogP contribution in [0.5, 0.6) is 0 Å². The van der Waals surface area contributed by atoms with Crippen molar-refractivity contribution in [1.82, 2.24) is 19.9 Å². The van der Waals surface area contributed by atoms with Crippen LogP contribution in [0.15, 0.2) is 48.2 Å². The smallest absolute Gasteiger partial charge is 0.301 e. The van der Waals surface area contributed by atoms with Gasteiger partial charge in [-0.05, 0) is 31.5 Å². The Hall–Kier alpha value is -2.85. The lowest BCUT2D eigenvalue weighted by Crippen LogP contribution is -2.40. The number of carbonyl (C=O) groups excluding carboxylic acids is 1. The van der Waals surface area contributed by atoms with Crippen molar-refractivity contribution < 1.29 is 18.0 Å². The number of rotatable bonds is 5. The van der Waals surface area contributed by atoms with Crippen molar-refractivity contribution in [3.63, 3.8) is 0 Å². The number of anilines is 1. The first-order chi connectivity index (χ1) is 14.9. The number of hydrogen-bond acceptors (Lipinski definition) is 6. The fourth-order valence-corrected chi connectivity index (χ4v) is 4.20. The monoisotopic (exact) mass is 447 g/mol. The summed E-state index contributed by atoms with van der Waals surface area (Å²) in [4.78, 5) is 27.2. The van der Waals surface area contributed by atoms with Gasteiger partial charge in [-0.3, -0.25) is 14.7 Å². The van der Waals surface area contributed by atoms with Crippen LogP contribution in [-0.2, 0) is 11.0 Å². The van der Waals surface area contributed by atoms with Gasteiger partial charge in [0.2, 0.25) is 5.91 Å². The zero-order chi connectivity index (χ0) is 21.8. The van der Waals surface area contributed by atoms with Crippen LogP contribution in [0.1, 0.15) is 30.0 Å². The maximum atomic E-state index is 13.0. The lowest BCUT2D eigenvalue weighted by Gasteiger charge is -2.31. The molecule has 0 aliphatic carbocycles. The van der Waals surface area contributed by atoms with Crippen molar-refractivity contribution in [1.29, 1.82) is 0 Å². The van der Waals surface area contributed by atoms with Gasteiger partial charge in [0.05, 0.1) is 29.7 Å². The second-order valence-electron chi connectivity index (χ2n) is 7.37. The van der Waals surface area contributed by atoms with Crippen molar-refractivity contribution >= 4 is 22.4 Å². The fourth-order valence-electron chi connectivity index (χ4n) is 3.66. The Morgan fingerprint density at radius 2 is 2.16 bits per heavy atom. The molecule has 1 unspecified atom stereocenters. The summed E-state index contributed by atoms with van der Waals surface area (Å²) in [6.45, 7) is 1.67. The molecule has 1 aliphatic rings. The number of benzene rings is 1. The third-order valence-corrected chi connectivity index (χ3v) is 5.80. The Balaban J connectivity index is 1.45. The number of nitrogens with zero attached hydrogens (tertiary/aromatic N) is 4. The number of aromatic nitrogens is 3. The van der Waals surface area contributed by atoms with Crippen LogP contribution in [0.4, 0.5) is 18.3 Å². The number of halogens is 3. The summed E-state index contributed by atoms with van der Waals surface area (Å²) in [5.41, 5.74) is 0.786. The molecule has 1 fully saturated rings. The van der Waals surface area contributed by atoms with Gasteiger partial charge < -0.3 is 5.32 Å². The summed E-state index contributed by atoms with van der Waals surface area (Å²) in [6, 6.07) is 5.09. The molecule has 31 heavy (non-hydrogen) atoms. The summed E-state index contributed by atoms with van der Waals surface area (Å²) in [5.74, 6) is -0.0703. The van der Waals surface area contributed by atoms with Gasteiger partial charge in [0.25, 0.3) is 0 Å². The van der Waals surface area contributed by atoms with Gasteiger partial charge in [0.15, 0.2) is 5.13 Å². The highest BCUT2D eigenvalue weighted by atomic mass is 32.1. The van der Waals surface area contributed by atoms with E-state index in [-0.39, 0.29) is 18.4 Å². The highest BCUT2D eigenvalue weighted by Crippen LogP contribution is 2.32. The highest BCUT2D eigenvalue weighted by Gasteiger charge is 2.30. The number of amides is 1. The molecular formula is C21H20F3N5OS. The molecule has 6 nitrogen and oxygen atoms in total. The van der Waals surface area contributed by atoms with Crippen molar-refractivity contribution in [3.05, 3.63) is 59.5 Å². The Morgan fingerprint density at radius 3 is 2.94 bits per heavy atom. The molecule has 1 amide bonds. The number of alkyl halides is 3. The summed E-state index contributed by atoms with van der Waals surface area (Å²) in [5, 5.41) is 5.14. The highest BCUT2D eigenvalue weighted by molar-refractivity contribution is 7.13. The van der Waals surface area contributed by atoms with Crippen LogP contribution in [0, 0.1) is 0 Å². The zero-order valence-electron chi connectivity index (χ0n) is 16.5. The number of thiazole rings is 1. The van der Waals surface area contributed by atoms with E-state index in [1.54, 1.807) is 23.8 Å². The first kappa shape index (κ1) is 21.4. The lowest BCUT2D eigenvalue weighted by atomic mass is 9.94. The quantitative estimate of drug-likeness (QED) is 0.626. The molecule has 2 aromatic heterocycles. The van der Waals surface area contributed by atoms with Gasteiger partial charge in [0.1, 0.15) is 0 Å². The van der Waals surface area contributed by atoms with Crippen molar-refractivity contribution in [2.75, 3.05) is 25.0 Å². The minimum Gasteiger partial charge on any atom is -0.301 e. The second-order valence-corrected chi connectivity index (χ2v) is 8.26. The van der Waals surface area contributed by atoms with E-state index in [1.165, 1.54) is 23.6 Å². The minimum absolute atomic E-state index is 0.0552. The van der Waals surface area contributed by atoms with Crippen molar-refractivity contribution in [2.24, 2.45) is 0 Å². The van der Waals surface area contributed by atoms with E-state index in [9.17, 15) is 18.0 Å². The second kappa shape index (κ2) is 9.11. The van der Waals surface area contributed by atoms with Crippen LogP contribution < -0.4 is 5.32 Å². The average Bonchev–Trinajstić information content (AvgIpc) is 3.26.